The lowest BCUT2D eigenvalue weighted by molar-refractivity contribution is 0.315. The van der Waals surface area contributed by atoms with Gasteiger partial charge >= 0.3 is 0 Å². The number of nitrogens with zero attached hydrogens (tertiary/aromatic N) is 6. The molecule has 1 saturated carbocycles. The molecule has 0 saturated heterocycles. The lowest BCUT2D eigenvalue weighted by atomic mass is 9.96. The Kier molecular flexibility index (Phi) is 4.59. The third-order valence-corrected chi connectivity index (χ3v) is 5.50. The highest BCUT2D eigenvalue weighted by Crippen LogP contribution is 2.37. The molecule has 1 aliphatic carbocycles. The second-order valence-corrected chi connectivity index (χ2v) is 7.07. The van der Waals surface area contributed by atoms with Gasteiger partial charge in [0.2, 0.25) is 0 Å². The number of nitrogens with two attached hydrogens (primary N) is 1. The highest BCUT2D eigenvalue weighted by atomic mass is 16.3. The van der Waals surface area contributed by atoms with Crippen molar-refractivity contribution < 1.29 is 0 Å². The van der Waals surface area contributed by atoms with E-state index in [1.807, 2.05) is 16.9 Å². The van der Waals surface area contributed by atoms with E-state index in [9.17, 15) is 10.2 Å². The van der Waals surface area contributed by atoms with Crippen molar-refractivity contribution in [2.45, 2.75) is 44.7 Å². The van der Waals surface area contributed by atoms with Crippen molar-refractivity contribution in [3.8, 4) is 17.2 Å². The standard InChI is InChI=1S/C19H21N7O/c20-8-7-16(13-3-1-2-4-13)25-12-15(10-22-25)19-14(11-24-27)9-23-26-17(19)5-6-18(26)21/h5-6,9-10,12-13,16H,1-4,7,11,21H2. The van der Waals surface area contributed by atoms with Gasteiger partial charge in [-0.25, -0.2) is 4.52 Å². The van der Waals surface area contributed by atoms with E-state index in [4.69, 9.17) is 5.73 Å². The minimum absolute atomic E-state index is 0.0271. The van der Waals surface area contributed by atoms with Gasteiger partial charge in [-0.15, -0.1) is 0 Å². The molecule has 0 spiro atoms. The van der Waals surface area contributed by atoms with Gasteiger partial charge in [-0.3, -0.25) is 4.68 Å². The van der Waals surface area contributed by atoms with E-state index < -0.39 is 0 Å². The monoisotopic (exact) mass is 363 g/mol. The van der Waals surface area contributed by atoms with Crippen molar-refractivity contribution in [2.75, 3.05) is 5.73 Å². The number of anilines is 1. The molecule has 8 heteroatoms. The van der Waals surface area contributed by atoms with Crippen LogP contribution in [0.25, 0.3) is 16.6 Å². The summed E-state index contributed by atoms with van der Waals surface area (Å²) in [6, 6.07) is 6.05. The van der Waals surface area contributed by atoms with Gasteiger partial charge in [0.05, 0.1) is 36.4 Å². The first-order valence-corrected chi connectivity index (χ1v) is 9.18. The van der Waals surface area contributed by atoms with Crippen molar-refractivity contribution in [1.29, 1.82) is 5.26 Å². The Morgan fingerprint density at radius 3 is 2.85 bits per heavy atom. The van der Waals surface area contributed by atoms with Crippen LogP contribution in [0, 0.1) is 22.2 Å². The smallest absolute Gasteiger partial charge is 0.125 e. The van der Waals surface area contributed by atoms with Crippen molar-refractivity contribution in [2.24, 2.45) is 11.1 Å². The maximum Gasteiger partial charge on any atom is 0.125 e. The second kappa shape index (κ2) is 7.19. The molecule has 1 atom stereocenters. The molecule has 1 unspecified atom stereocenters. The predicted octanol–water partition coefficient (Wildman–Crippen LogP) is 3.69. The fourth-order valence-electron chi connectivity index (χ4n) is 4.20. The first kappa shape index (κ1) is 17.2. The first-order chi connectivity index (χ1) is 13.2. The van der Waals surface area contributed by atoms with E-state index in [1.54, 1.807) is 23.0 Å². The van der Waals surface area contributed by atoms with Crippen LogP contribution in [-0.4, -0.2) is 19.4 Å². The Balaban J connectivity index is 1.79. The Labute approximate surface area is 156 Å². The minimum atomic E-state index is 0.0271. The molecule has 8 nitrogen and oxygen atoms in total. The van der Waals surface area contributed by atoms with Crippen LogP contribution in [-0.2, 0) is 6.54 Å². The van der Waals surface area contributed by atoms with Crippen LogP contribution < -0.4 is 5.73 Å². The molecule has 1 fully saturated rings. The number of nitrogen functional groups attached to an aromatic ring is 1. The van der Waals surface area contributed by atoms with Gasteiger partial charge < -0.3 is 5.73 Å². The molecule has 0 aromatic carbocycles. The zero-order valence-corrected chi connectivity index (χ0v) is 15.0. The Morgan fingerprint density at radius 1 is 1.30 bits per heavy atom. The highest BCUT2D eigenvalue weighted by Gasteiger charge is 2.27. The topological polar surface area (TPSA) is 114 Å². The van der Waals surface area contributed by atoms with E-state index in [2.05, 4.69) is 21.4 Å². The average molecular weight is 363 g/mol. The molecule has 4 rings (SSSR count). The number of rotatable bonds is 6. The van der Waals surface area contributed by atoms with Gasteiger partial charge in [-0.05, 0) is 30.9 Å². The molecular formula is C19H21N7O. The summed E-state index contributed by atoms with van der Waals surface area (Å²) in [5.74, 6) is 1.01. The molecule has 3 heterocycles. The molecule has 3 aromatic rings. The van der Waals surface area contributed by atoms with E-state index in [0.29, 0.717) is 18.2 Å². The van der Waals surface area contributed by atoms with Crippen molar-refractivity contribution in [3.63, 3.8) is 0 Å². The second-order valence-electron chi connectivity index (χ2n) is 7.07. The molecule has 0 aliphatic heterocycles. The molecule has 27 heavy (non-hydrogen) atoms. The Morgan fingerprint density at radius 2 is 2.11 bits per heavy atom. The largest absolute Gasteiger partial charge is 0.384 e. The Bertz CT molecular complexity index is 1010. The van der Waals surface area contributed by atoms with Crippen LogP contribution in [0.5, 0.6) is 0 Å². The number of hydrogen-bond donors (Lipinski definition) is 1. The van der Waals surface area contributed by atoms with Crippen LogP contribution in [0.2, 0.25) is 0 Å². The van der Waals surface area contributed by atoms with Crippen LogP contribution in [0.1, 0.15) is 43.7 Å². The summed E-state index contributed by atoms with van der Waals surface area (Å²) < 4.78 is 3.56. The molecule has 0 bridgehead atoms. The molecular weight excluding hydrogens is 342 g/mol. The number of aromatic nitrogens is 4. The third kappa shape index (κ3) is 3.05. The summed E-state index contributed by atoms with van der Waals surface area (Å²) in [4.78, 5) is 10.9. The third-order valence-electron chi connectivity index (χ3n) is 5.50. The van der Waals surface area contributed by atoms with Gasteiger partial charge in [-0.1, -0.05) is 18.0 Å². The van der Waals surface area contributed by atoms with Gasteiger partial charge in [-0.2, -0.15) is 20.4 Å². The molecule has 0 amide bonds. The normalized spacial score (nSPS) is 15.8. The molecule has 2 N–H and O–H groups in total. The summed E-state index contributed by atoms with van der Waals surface area (Å²) in [6.45, 7) is 0.0271. The highest BCUT2D eigenvalue weighted by molar-refractivity contribution is 5.83. The lowest BCUT2D eigenvalue weighted by Gasteiger charge is -2.21. The first-order valence-electron chi connectivity index (χ1n) is 9.18. The predicted molar refractivity (Wildman–Crippen MR) is 102 cm³/mol. The quantitative estimate of drug-likeness (QED) is 0.671. The maximum atomic E-state index is 10.9. The molecule has 3 aromatic heterocycles. The SMILES string of the molecule is N#CCC(C1CCCC1)n1cc(-c2c(CN=O)cnn3c(N)ccc23)cn1. The van der Waals surface area contributed by atoms with Gasteiger partial charge in [0.15, 0.2) is 0 Å². The van der Waals surface area contributed by atoms with Crippen LogP contribution >= 0.6 is 0 Å². The average Bonchev–Trinajstić information content (AvgIpc) is 3.42. The van der Waals surface area contributed by atoms with Crippen LogP contribution in [0.15, 0.2) is 35.9 Å². The zero-order valence-electron chi connectivity index (χ0n) is 15.0. The molecule has 1 aliphatic rings. The number of nitroso groups, excluding NO2 is 1. The van der Waals surface area contributed by atoms with Crippen molar-refractivity contribution in [1.82, 2.24) is 19.4 Å². The summed E-state index contributed by atoms with van der Waals surface area (Å²) in [5.41, 5.74) is 9.25. The lowest BCUT2D eigenvalue weighted by Crippen LogP contribution is -2.17. The number of fused-ring (bicyclic) bond motifs is 1. The number of nitriles is 1. The summed E-state index contributed by atoms with van der Waals surface area (Å²) >= 11 is 0. The number of hydrogen-bond acceptors (Lipinski definition) is 6. The van der Waals surface area contributed by atoms with Crippen LogP contribution in [0.4, 0.5) is 5.82 Å². The minimum Gasteiger partial charge on any atom is -0.384 e. The van der Waals surface area contributed by atoms with Gasteiger partial charge in [0.25, 0.3) is 0 Å². The Hall–Kier alpha value is -3.21. The van der Waals surface area contributed by atoms with Gasteiger partial charge in [0.1, 0.15) is 12.4 Å². The summed E-state index contributed by atoms with van der Waals surface area (Å²) in [5, 5.41) is 21.2. The van der Waals surface area contributed by atoms with Crippen molar-refractivity contribution in [3.05, 3.63) is 41.2 Å². The van der Waals surface area contributed by atoms with Gasteiger partial charge in [0, 0.05) is 22.9 Å². The fraction of sp³-hybridized carbons (Fsp3) is 0.421. The van der Waals surface area contributed by atoms with E-state index >= 15 is 0 Å². The van der Waals surface area contributed by atoms with E-state index in [0.717, 1.165) is 35.0 Å². The fourth-order valence-corrected chi connectivity index (χ4v) is 4.20. The summed E-state index contributed by atoms with van der Waals surface area (Å²) in [7, 11) is 0. The summed E-state index contributed by atoms with van der Waals surface area (Å²) in [6.07, 6.45) is 10.5. The molecule has 0 radical (unpaired) electrons. The molecule has 138 valence electrons. The van der Waals surface area contributed by atoms with Crippen LogP contribution in [0.3, 0.4) is 0 Å². The van der Waals surface area contributed by atoms with E-state index in [-0.39, 0.29) is 12.6 Å². The van der Waals surface area contributed by atoms with E-state index in [1.165, 1.54) is 12.8 Å². The zero-order chi connectivity index (χ0) is 18.8. The maximum absolute atomic E-state index is 10.9. The van der Waals surface area contributed by atoms with Crippen molar-refractivity contribution >= 4 is 11.3 Å².